The standard InChI is InChI=1S/C14H18ClNO4S/c1-3-20-13(17)14(8-16)11(12(14)21(2,18)19)9-5-4-6-10(15)7-9/h4-7,11-12H,3,8,16H2,1-2H3. The van der Waals surface area contributed by atoms with Gasteiger partial charge in [-0.3, -0.25) is 4.79 Å². The largest absolute Gasteiger partial charge is 0.465 e. The molecule has 0 bridgehead atoms. The normalized spacial score (nSPS) is 28.2. The Labute approximate surface area is 129 Å². The molecular formula is C14H18ClNO4S. The van der Waals surface area contributed by atoms with E-state index in [1.54, 1.807) is 31.2 Å². The molecule has 0 radical (unpaired) electrons. The lowest BCUT2D eigenvalue weighted by molar-refractivity contribution is -0.149. The SMILES string of the molecule is CCOC(=O)C1(CN)C(c2cccc(Cl)c2)C1S(C)(=O)=O. The third kappa shape index (κ3) is 2.67. The summed E-state index contributed by atoms with van der Waals surface area (Å²) in [5.74, 6) is -1.08. The van der Waals surface area contributed by atoms with Crippen LogP contribution in [0.2, 0.25) is 5.02 Å². The average molecular weight is 332 g/mol. The zero-order valence-corrected chi connectivity index (χ0v) is 13.4. The first-order chi connectivity index (χ1) is 9.79. The van der Waals surface area contributed by atoms with Gasteiger partial charge in [0, 0.05) is 23.7 Å². The third-order valence-corrected chi connectivity index (χ3v) is 5.77. The highest BCUT2D eigenvalue weighted by Crippen LogP contribution is 2.63. The van der Waals surface area contributed by atoms with Crippen LogP contribution in [0, 0.1) is 5.41 Å². The van der Waals surface area contributed by atoms with Gasteiger partial charge in [0.25, 0.3) is 0 Å². The van der Waals surface area contributed by atoms with Crippen molar-refractivity contribution >= 4 is 27.4 Å². The maximum absolute atomic E-state index is 12.3. The molecule has 0 heterocycles. The van der Waals surface area contributed by atoms with E-state index >= 15 is 0 Å². The molecule has 5 nitrogen and oxygen atoms in total. The minimum Gasteiger partial charge on any atom is -0.465 e. The van der Waals surface area contributed by atoms with E-state index in [1.165, 1.54) is 0 Å². The van der Waals surface area contributed by atoms with Crippen molar-refractivity contribution in [2.24, 2.45) is 11.1 Å². The Morgan fingerprint density at radius 3 is 2.62 bits per heavy atom. The van der Waals surface area contributed by atoms with Gasteiger partial charge in [0.2, 0.25) is 0 Å². The number of benzene rings is 1. The van der Waals surface area contributed by atoms with Gasteiger partial charge >= 0.3 is 5.97 Å². The molecule has 21 heavy (non-hydrogen) atoms. The summed E-state index contributed by atoms with van der Waals surface area (Å²) in [5, 5.41) is -0.381. The van der Waals surface area contributed by atoms with Gasteiger partial charge in [0.05, 0.1) is 11.9 Å². The van der Waals surface area contributed by atoms with Crippen LogP contribution in [0.4, 0.5) is 0 Å². The number of nitrogens with two attached hydrogens (primary N) is 1. The molecular weight excluding hydrogens is 314 g/mol. The number of hydrogen-bond donors (Lipinski definition) is 1. The number of sulfone groups is 1. The first-order valence-corrected chi connectivity index (χ1v) is 8.94. The minimum absolute atomic E-state index is 0.0826. The fraction of sp³-hybridized carbons (Fsp3) is 0.500. The maximum Gasteiger partial charge on any atom is 0.315 e. The number of ether oxygens (including phenoxy) is 1. The zero-order valence-electron chi connectivity index (χ0n) is 11.9. The second-order valence-corrected chi connectivity index (χ2v) is 7.85. The van der Waals surface area contributed by atoms with E-state index in [2.05, 4.69) is 0 Å². The van der Waals surface area contributed by atoms with Gasteiger partial charge in [-0.25, -0.2) is 8.42 Å². The second kappa shape index (κ2) is 5.59. The molecule has 2 N–H and O–H groups in total. The molecule has 7 heteroatoms. The molecule has 116 valence electrons. The Balaban J connectivity index is 2.50. The lowest BCUT2D eigenvalue weighted by atomic mass is 9.99. The summed E-state index contributed by atoms with van der Waals surface area (Å²) in [4.78, 5) is 12.3. The van der Waals surface area contributed by atoms with Crippen LogP contribution in [0.1, 0.15) is 18.4 Å². The maximum atomic E-state index is 12.3. The zero-order chi connectivity index (χ0) is 15.8. The highest BCUT2D eigenvalue weighted by atomic mass is 35.5. The summed E-state index contributed by atoms with van der Waals surface area (Å²) < 4.78 is 29.1. The van der Waals surface area contributed by atoms with Gasteiger partial charge in [-0.2, -0.15) is 0 Å². The smallest absolute Gasteiger partial charge is 0.315 e. The van der Waals surface area contributed by atoms with Crippen molar-refractivity contribution < 1.29 is 17.9 Å². The van der Waals surface area contributed by atoms with Crippen LogP contribution < -0.4 is 5.73 Å². The molecule has 1 aliphatic rings. The Kier molecular flexibility index (Phi) is 4.33. The van der Waals surface area contributed by atoms with Crippen molar-refractivity contribution in [3.05, 3.63) is 34.9 Å². The van der Waals surface area contributed by atoms with Crippen LogP contribution in [0.3, 0.4) is 0 Å². The van der Waals surface area contributed by atoms with Crippen molar-refractivity contribution in [1.29, 1.82) is 0 Å². The van der Waals surface area contributed by atoms with Crippen molar-refractivity contribution in [3.8, 4) is 0 Å². The first-order valence-electron chi connectivity index (χ1n) is 6.60. The third-order valence-electron chi connectivity index (χ3n) is 3.92. The molecule has 1 aromatic carbocycles. The van der Waals surface area contributed by atoms with Crippen LogP contribution in [0.5, 0.6) is 0 Å². The average Bonchev–Trinajstić information content (AvgIpc) is 3.09. The number of halogens is 1. The van der Waals surface area contributed by atoms with E-state index in [-0.39, 0.29) is 13.2 Å². The summed E-state index contributed by atoms with van der Waals surface area (Å²) in [6.45, 7) is 1.77. The molecule has 1 aromatic rings. The number of carbonyl (C=O) groups is 1. The number of rotatable bonds is 5. The molecule has 3 unspecified atom stereocenters. The molecule has 0 aliphatic heterocycles. The monoisotopic (exact) mass is 331 g/mol. The van der Waals surface area contributed by atoms with Crippen LogP contribution >= 0.6 is 11.6 Å². The van der Waals surface area contributed by atoms with Crippen molar-refractivity contribution in [1.82, 2.24) is 0 Å². The molecule has 0 aromatic heterocycles. The van der Waals surface area contributed by atoms with Crippen LogP contribution in [-0.2, 0) is 19.4 Å². The lowest BCUT2D eigenvalue weighted by Gasteiger charge is -2.14. The van der Waals surface area contributed by atoms with Gasteiger partial charge in [-0.1, -0.05) is 23.7 Å². The number of esters is 1. The summed E-state index contributed by atoms with van der Waals surface area (Å²) in [5.41, 5.74) is 5.23. The Hall–Kier alpha value is -1.11. The van der Waals surface area contributed by atoms with Gasteiger partial charge in [0.15, 0.2) is 9.84 Å². The van der Waals surface area contributed by atoms with E-state index < -0.39 is 32.4 Å². The molecule has 1 aliphatic carbocycles. The van der Waals surface area contributed by atoms with Gasteiger partial charge in [0.1, 0.15) is 5.41 Å². The summed E-state index contributed by atoms with van der Waals surface area (Å²) in [7, 11) is -3.45. The van der Waals surface area contributed by atoms with Crippen LogP contribution in [-0.4, -0.2) is 39.0 Å². The predicted octanol–water partition coefficient (Wildman–Crippen LogP) is 1.36. The van der Waals surface area contributed by atoms with Crippen molar-refractivity contribution in [2.75, 3.05) is 19.4 Å². The molecule has 0 saturated heterocycles. The van der Waals surface area contributed by atoms with Crippen LogP contribution in [0.15, 0.2) is 24.3 Å². The molecule has 2 rings (SSSR count). The second-order valence-electron chi connectivity index (χ2n) is 5.25. The van der Waals surface area contributed by atoms with Gasteiger partial charge in [-0.05, 0) is 24.6 Å². The molecule has 1 fully saturated rings. The summed E-state index contributed by atoms with van der Waals surface area (Å²) >= 11 is 5.96. The van der Waals surface area contributed by atoms with E-state index in [0.717, 1.165) is 6.26 Å². The van der Waals surface area contributed by atoms with E-state index in [4.69, 9.17) is 22.1 Å². The van der Waals surface area contributed by atoms with Gasteiger partial charge in [-0.15, -0.1) is 0 Å². The topological polar surface area (TPSA) is 86.5 Å². The van der Waals surface area contributed by atoms with Crippen molar-refractivity contribution in [3.63, 3.8) is 0 Å². The minimum atomic E-state index is -3.45. The fourth-order valence-electron chi connectivity index (χ4n) is 3.04. The molecule has 0 spiro atoms. The Morgan fingerprint density at radius 1 is 1.48 bits per heavy atom. The van der Waals surface area contributed by atoms with E-state index in [0.29, 0.717) is 10.6 Å². The van der Waals surface area contributed by atoms with Crippen molar-refractivity contribution in [2.45, 2.75) is 18.1 Å². The van der Waals surface area contributed by atoms with Gasteiger partial charge < -0.3 is 10.5 Å². The first kappa shape index (κ1) is 16.3. The Morgan fingerprint density at radius 2 is 2.14 bits per heavy atom. The van der Waals surface area contributed by atoms with E-state index in [9.17, 15) is 13.2 Å². The summed E-state index contributed by atoms with van der Waals surface area (Å²) in [6.07, 6.45) is 1.12. The molecule has 0 amide bonds. The van der Waals surface area contributed by atoms with E-state index in [1.807, 2.05) is 0 Å². The highest BCUT2D eigenvalue weighted by molar-refractivity contribution is 7.91. The predicted molar refractivity (Wildman–Crippen MR) is 80.9 cm³/mol. The Bertz CT molecular complexity index is 661. The lowest BCUT2D eigenvalue weighted by Crippen LogP contribution is -2.33. The fourth-order valence-corrected chi connectivity index (χ4v) is 5.16. The number of hydrogen-bond acceptors (Lipinski definition) is 5. The van der Waals surface area contributed by atoms with Crippen LogP contribution in [0.25, 0.3) is 0 Å². The molecule has 3 atom stereocenters. The molecule has 1 saturated carbocycles. The summed E-state index contributed by atoms with van der Waals surface area (Å²) in [6, 6.07) is 6.84. The quantitative estimate of drug-likeness (QED) is 0.823. The number of carbonyl (C=O) groups excluding carboxylic acids is 1. The highest BCUT2D eigenvalue weighted by Gasteiger charge is 2.74.